The molecular formula is C22H26N6O3S. The summed E-state index contributed by atoms with van der Waals surface area (Å²) in [6.45, 7) is 4.08. The van der Waals surface area contributed by atoms with Gasteiger partial charge in [0.05, 0.1) is 6.61 Å². The summed E-state index contributed by atoms with van der Waals surface area (Å²) in [7, 11) is 0. The number of piperidine rings is 1. The Morgan fingerprint density at radius 1 is 1.22 bits per heavy atom. The van der Waals surface area contributed by atoms with Crippen LogP contribution in [0.4, 0.5) is 4.79 Å². The van der Waals surface area contributed by atoms with Crippen LogP contribution in [0, 0.1) is 5.92 Å². The van der Waals surface area contributed by atoms with Gasteiger partial charge in [-0.2, -0.15) is 0 Å². The highest BCUT2D eigenvalue weighted by Gasteiger charge is 2.28. The monoisotopic (exact) mass is 454 g/mol. The van der Waals surface area contributed by atoms with Gasteiger partial charge in [-0.15, -0.1) is 5.10 Å². The van der Waals surface area contributed by atoms with Gasteiger partial charge < -0.3 is 14.4 Å². The SMILES string of the molecule is CC(Sc1nnn[nH]1)C1CCN(C(=O)Oc2ccc(CCOc3ccccn3)cc2)CC1. The van der Waals surface area contributed by atoms with E-state index >= 15 is 0 Å². The molecule has 10 heteroatoms. The van der Waals surface area contributed by atoms with Gasteiger partial charge in [-0.3, -0.25) is 0 Å². The number of hydrogen-bond donors (Lipinski definition) is 1. The summed E-state index contributed by atoms with van der Waals surface area (Å²) < 4.78 is 11.2. The molecule has 0 saturated carbocycles. The van der Waals surface area contributed by atoms with Crippen LogP contribution in [0.2, 0.25) is 0 Å². The van der Waals surface area contributed by atoms with E-state index in [9.17, 15) is 4.79 Å². The molecule has 0 bridgehead atoms. The van der Waals surface area contributed by atoms with Crippen molar-refractivity contribution >= 4 is 17.9 Å². The number of amides is 1. The zero-order valence-electron chi connectivity index (χ0n) is 17.9. The largest absolute Gasteiger partial charge is 0.477 e. The highest BCUT2D eigenvalue weighted by molar-refractivity contribution is 7.99. The van der Waals surface area contributed by atoms with Crippen molar-refractivity contribution in [3.8, 4) is 11.6 Å². The Bertz CT molecular complexity index is 963. The van der Waals surface area contributed by atoms with E-state index in [1.165, 1.54) is 0 Å². The molecule has 1 aliphatic heterocycles. The van der Waals surface area contributed by atoms with Crippen molar-refractivity contribution < 1.29 is 14.3 Å². The van der Waals surface area contributed by atoms with E-state index in [1.54, 1.807) is 22.9 Å². The molecule has 3 aromatic rings. The molecule has 0 aliphatic carbocycles. The summed E-state index contributed by atoms with van der Waals surface area (Å²) in [5.74, 6) is 1.67. The van der Waals surface area contributed by atoms with Gasteiger partial charge in [-0.25, -0.2) is 14.9 Å². The minimum atomic E-state index is -0.297. The van der Waals surface area contributed by atoms with Crippen LogP contribution in [0.25, 0.3) is 0 Å². The van der Waals surface area contributed by atoms with Gasteiger partial charge in [-0.1, -0.05) is 36.9 Å². The molecule has 1 saturated heterocycles. The smallest absolute Gasteiger partial charge is 0.415 e. The number of benzene rings is 1. The van der Waals surface area contributed by atoms with Crippen molar-refractivity contribution in [2.75, 3.05) is 19.7 Å². The van der Waals surface area contributed by atoms with Gasteiger partial charge in [0.2, 0.25) is 11.0 Å². The number of aromatic nitrogens is 5. The number of aromatic amines is 1. The highest BCUT2D eigenvalue weighted by Crippen LogP contribution is 2.31. The number of likely N-dealkylation sites (tertiary alicyclic amines) is 1. The van der Waals surface area contributed by atoms with E-state index in [1.807, 2.05) is 42.5 Å². The number of nitrogens with one attached hydrogen (secondary N) is 1. The fourth-order valence-corrected chi connectivity index (χ4v) is 4.61. The van der Waals surface area contributed by atoms with Gasteiger partial charge in [-0.05, 0) is 52.9 Å². The van der Waals surface area contributed by atoms with E-state index in [0.29, 0.717) is 42.5 Å². The van der Waals surface area contributed by atoms with Crippen molar-refractivity contribution in [2.45, 2.75) is 36.6 Å². The summed E-state index contributed by atoms with van der Waals surface area (Å²) in [5.41, 5.74) is 1.11. The van der Waals surface area contributed by atoms with E-state index in [4.69, 9.17) is 9.47 Å². The number of tetrazole rings is 1. The Kier molecular flexibility index (Phi) is 7.55. The number of thioether (sulfide) groups is 1. The number of carbonyl (C=O) groups is 1. The van der Waals surface area contributed by atoms with Crippen molar-refractivity contribution in [3.63, 3.8) is 0 Å². The van der Waals surface area contributed by atoms with Crippen LogP contribution >= 0.6 is 11.8 Å². The van der Waals surface area contributed by atoms with Crippen molar-refractivity contribution in [3.05, 3.63) is 54.2 Å². The molecule has 168 valence electrons. The van der Waals surface area contributed by atoms with Gasteiger partial charge in [0.1, 0.15) is 5.75 Å². The number of ether oxygens (including phenoxy) is 2. The molecule has 2 aromatic heterocycles. The molecule has 0 spiro atoms. The summed E-state index contributed by atoms with van der Waals surface area (Å²) in [6, 6.07) is 13.1. The number of carbonyl (C=O) groups excluding carboxylic acids is 1. The maximum atomic E-state index is 12.6. The Morgan fingerprint density at radius 3 is 2.72 bits per heavy atom. The first-order valence-corrected chi connectivity index (χ1v) is 11.6. The molecular weight excluding hydrogens is 428 g/mol. The first kappa shape index (κ1) is 22.1. The van der Waals surface area contributed by atoms with Crippen LogP contribution in [-0.4, -0.2) is 61.5 Å². The molecule has 1 N–H and O–H groups in total. The summed E-state index contributed by atoms with van der Waals surface area (Å²) >= 11 is 1.64. The first-order valence-electron chi connectivity index (χ1n) is 10.7. The average Bonchev–Trinajstić information content (AvgIpc) is 3.34. The van der Waals surface area contributed by atoms with Gasteiger partial charge in [0.15, 0.2) is 0 Å². The topological polar surface area (TPSA) is 106 Å². The van der Waals surface area contributed by atoms with Crippen molar-refractivity contribution in [1.29, 1.82) is 0 Å². The third-order valence-corrected chi connectivity index (χ3v) is 6.64. The number of nitrogens with zero attached hydrogens (tertiary/aromatic N) is 5. The second kappa shape index (κ2) is 10.9. The van der Waals surface area contributed by atoms with Gasteiger partial charge in [0.25, 0.3) is 0 Å². The molecule has 3 heterocycles. The fourth-order valence-electron chi connectivity index (χ4n) is 3.62. The third-order valence-electron chi connectivity index (χ3n) is 5.49. The lowest BCUT2D eigenvalue weighted by Crippen LogP contribution is -2.41. The number of H-pyrrole nitrogens is 1. The molecule has 0 radical (unpaired) electrons. The minimum absolute atomic E-state index is 0.297. The standard InChI is InChI=1S/C22H26N6O3S/c1-16(32-21-24-26-27-25-21)18-9-13-28(14-10-18)22(29)31-19-7-5-17(6-8-19)11-15-30-20-4-2-3-12-23-20/h2-8,12,16,18H,9-11,13-15H2,1H3,(H,24,25,26,27). The quantitative estimate of drug-likeness (QED) is 0.515. The van der Waals surface area contributed by atoms with Crippen LogP contribution in [0.15, 0.2) is 53.8 Å². The molecule has 1 amide bonds. The predicted molar refractivity (Wildman–Crippen MR) is 120 cm³/mol. The molecule has 1 atom stereocenters. The number of pyridine rings is 1. The Hall–Kier alpha value is -3.14. The second-order valence-corrected chi connectivity index (χ2v) is 9.00. The molecule has 1 unspecified atom stereocenters. The Labute approximate surface area is 190 Å². The second-order valence-electron chi connectivity index (χ2n) is 7.63. The van der Waals surface area contributed by atoms with Crippen LogP contribution < -0.4 is 9.47 Å². The average molecular weight is 455 g/mol. The number of hydrogen-bond acceptors (Lipinski definition) is 8. The fraction of sp³-hybridized carbons (Fsp3) is 0.409. The molecule has 9 nitrogen and oxygen atoms in total. The lowest BCUT2D eigenvalue weighted by atomic mass is 9.94. The lowest BCUT2D eigenvalue weighted by molar-refractivity contribution is 0.131. The van der Waals surface area contributed by atoms with E-state index in [-0.39, 0.29) is 6.09 Å². The number of rotatable bonds is 8. The molecule has 1 aliphatic rings. The molecule has 4 rings (SSSR count). The summed E-state index contributed by atoms with van der Waals surface area (Å²) in [4.78, 5) is 18.5. The predicted octanol–water partition coefficient (Wildman–Crippen LogP) is 3.61. The van der Waals surface area contributed by atoms with Crippen molar-refractivity contribution in [2.24, 2.45) is 5.92 Å². The first-order chi connectivity index (χ1) is 15.7. The van der Waals surface area contributed by atoms with E-state index in [0.717, 1.165) is 30.0 Å². The molecule has 1 aromatic carbocycles. The molecule has 1 fully saturated rings. The summed E-state index contributed by atoms with van der Waals surface area (Å²) in [6.07, 6.45) is 4.02. The zero-order valence-corrected chi connectivity index (χ0v) is 18.7. The van der Waals surface area contributed by atoms with Crippen LogP contribution in [0.3, 0.4) is 0 Å². The maximum Gasteiger partial charge on any atom is 0.415 e. The summed E-state index contributed by atoms with van der Waals surface area (Å²) in [5, 5.41) is 15.0. The zero-order chi connectivity index (χ0) is 22.2. The van der Waals surface area contributed by atoms with E-state index < -0.39 is 0 Å². The van der Waals surface area contributed by atoms with Crippen LogP contribution in [0.1, 0.15) is 25.3 Å². The highest BCUT2D eigenvalue weighted by atomic mass is 32.2. The minimum Gasteiger partial charge on any atom is -0.477 e. The molecule has 32 heavy (non-hydrogen) atoms. The van der Waals surface area contributed by atoms with Gasteiger partial charge >= 0.3 is 6.09 Å². The third kappa shape index (κ3) is 6.19. The lowest BCUT2D eigenvalue weighted by Gasteiger charge is -2.33. The van der Waals surface area contributed by atoms with Crippen LogP contribution in [-0.2, 0) is 6.42 Å². The Morgan fingerprint density at radius 2 is 2.03 bits per heavy atom. The van der Waals surface area contributed by atoms with Gasteiger partial charge in [0, 0.05) is 37.0 Å². The van der Waals surface area contributed by atoms with Crippen LogP contribution in [0.5, 0.6) is 11.6 Å². The maximum absolute atomic E-state index is 12.6. The van der Waals surface area contributed by atoms with Crippen molar-refractivity contribution in [1.82, 2.24) is 30.5 Å². The normalized spacial score (nSPS) is 15.3. The van der Waals surface area contributed by atoms with E-state index in [2.05, 4.69) is 32.5 Å². The Balaban J connectivity index is 1.18.